The van der Waals surface area contributed by atoms with Gasteiger partial charge in [-0.3, -0.25) is 0 Å². The average Bonchev–Trinajstić information content (AvgIpc) is 1.39. The summed E-state index contributed by atoms with van der Waals surface area (Å²) in [6.45, 7) is 18.6. The van der Waals surface area contributed by atoms with Crippen molar-refractivity contribution in [2.75, 3.05) is 318 Å². The largest absolute Gasteiger partial charge is 2.00 e. The molecule has 0 bridgehead atoms. The van der Waals surface area contributed by atoms with E-state index in [-0.39, 0.29) is 85.6 Å². The van der Waals surface area contributed by atoms with Crippen molar-refractivity contribution in [1.82, 2.24) is 0 Å². The predicted molar refractivity (Wildman–Crippen MR) is 318 cm³/mol. The topological polar surface area (TPSA) is 354 Å². The van der Waals surface area contributed by atoms with Gasteiger partial charge in [0.15, 0.2) is 0 Å². The van der Waals surface area contributed by atoms with Crippen molar-refractivity contribution in [2.24, 2.45) is 16.9 Å². The molecule has 0 radical (unpaired) electrons. The van der Waals surface area contributed by atoms with Crippen LogP contribution in [0.3, 0.4) is 0 Å². The minimum atomic E-state index is -2.28. The molecule has 0 aliphatic heterocycles. The Morgan fingerprint density at radius 2 is 0.389 bits per heavy atom. The van der Waals surface area contributed by atoms with Gasteiger partial charge in [-0.25, -0.2) is 0 Å². The van der Waals surface area contributed by atoms with E-state index in [4.69, 9.17) is 125 Å². The number of rotatable bonds is 74. The fraction of sp³-hybridized carbons (Fsp3) is 0.966. The Morgan fingerprint density at radius 1 is 0.267 bits per heavy atom. The summed E-state index contributed by atoms with van der Waals surface area (Å²) < 4.78 is 130. The van der Waals surface area contributed by atoms with Crippen LogP contribution < -0.4 is 21.7 Å². The van der Waals surface area contributed by atoms with Crippen molar-refractivity contribution in [1.29, 1.82) is 0 Å². The van der Waals surface area contributed by atoms with E-state index in [9.17, 15) is 19.8 Å². The molecule has 0 saturated heterocycles. The molecule has 1 aliphatic carbocycles. The van der Waals surface area contributed by atoms with Crippen LogP contribution in [0.2, 0.25) is 0 Å². The van der Waals surface area contributed by atoms with Crippen LogP contribution in [0.15, 0.2) is 0 Å². The summed E-state index contributed by atoms with van der Waals surface area (Å²) in [5.41, 5.74) is 9.03. The predicted octanol–water partition coefficient (Wildman–Crippen LogP) is -1.88. The molecule has 0 unspecified atom stereocenters. The minimum Gasteiger partial charge on any atom is -0.549 e. The fourth-order valence-corrected chi connectivity index (χ4v) is 7.18. The Morgan fingerprint density at radius 3 is 0.500 bits per heavy atom. The summed E-state index contributed by atoms with van der Waals surface area (Å²) in [6.07, 6.45) is 4.07. The maximum atomic E-state index is 11.9. The minimum absolute atomic E-state index is 0. The molecule has 0 aromatic heterocycles. The van der Waals surface area contributed by atoms with Crippen molar-refractivity contribution >= 4 is 11.9 Å². The molecule has 0 heterocycles. The van der Waals surface area contributed by atoms with Crippen LogP contribution in [0.25, 0.3) is 0 Å². The quantitative estimate of drug-likeness (QED) is 0.0497. The third kappa shape index (κ3) is 66.6. The first kappa shape index (κ1) is 90.6. The number of nitrogens with two attached hydrogens (primary N) is 2. The van der Waals surface area contributed by atoms with Crippen LogP contribution in [-0.2, 0) is 144 Å². The summed E-state index contributed by atoms with van der Waals surface area (Å²) in [7, 11) is 3.27. The molecule has 1 rings (SSSR count). The smallest absolute Gasteiger partial charge is 0.549 e. The number of carboxylic acids is 2. The second-order valence-electron chi connectivity index (χ2n) is 19.2. The number of methoxy groups -OCH3 is 2. The zero-order valence-corrected chi connectivity index (χ0v) is 56.6. The van der Waals surface area contributed by atoms with Crippen molar-refractivity contribution in [3.8, 4) is 0 Å². The first-order chi connectivity index (χ1) is 43.8. The van der Waals surface area contributed by atoms with Gasteiger partial charge in [0, 0.05) is 39.5 Å². The number of ether oxygens (including phenoxy) is 24. The molecule has 4 N–H and O–H groups in total. The van der Waals surface area contributed by atoms with Crippen molar-refractivity contribution in [3.63, 3.8) is 0 Å². The summed E-state index contributed by atoms with van der Waals surface area (Å²) in [5, 5.41) is 23.8. The molecule has 540 valence electrons. The van der Waals surface area contributed by atoms with E-state index in [0.29, 0.717) is 264 Å². The van der Waals surface area contributed by atoms with Crippen LogP contribution in [0, 0.1) is 5.41 Å². The second-order valence-corrected chi connectivity index (χ2v) is 19.2. The van der Waals surface area contributed by atoms with E-state index in [1.807, 2.05) is 0 Å². The third-order valence-corrected chi connectivity index (χ3v) is 12.3. The molecular formula is C59H116N2O28Pt. The molecule has 0 aromatic rings. The molecular weight excluding hydrogens is 1380 g/mol. The van der Waals surface area contributed by atoms with Crippen LogP contribution >= 0.6 is 0 Å². The van der Waals surface area contributed by atoms with Gasteiger partial charge in [0.2, 0.25) is 0 Å². The fourth-order valence-electron chi connectivity index (χ4n) is 7.18. The van der Waals surface area contributed by atoms with Gasteiger partial charge >= 0.3 is 21.1 Å². The number of carbonyl (C=O) groups is 2. The first-order valence-electron chi connectivity index (χ1n) is 31.4. The van der Waals surface area contributed by atoms with Gasteiger partial charge in [-0.1, -0.05) is 12.8 Å². The molecule has 31 heteroatoms. The molecule has 0 spiro atoms. The van der Waals surface area contributed by atoms with Gasteiger partial charge in [0.25, 0.3) is 0 Å². The zero-order chi connectivity index (χ0) is 64.5. The van der Waals surface area contributed by atoms with Gasteiger partial charge in [0.05, 0.1) is 308 Å². The normalized spacial score (nSPS) is 14.2. The van der Waals surface area contributed by atoms with E-state index >= 15 is 0 Å². The van der Waals surface area contributed by atoms with Crippen LogP contribution in [0.5, 0.6) is 0 Å². The molecule has 90 heavy (non-hydrogen) atoms. The third-order valence-electron chi connectivity index (χ3n) is 12.3. The molecule has 30 nitrogen and oxygen atoms in total. The van der Waals surface area contributed by atoms with Crippen molar-refractivity contribution in [3.05, 3.63) is 0 Å². The second kappa shape index (κ2) is 76.6. The molecule has 2 atom stereocenters. The van der Waals surface area contributed by atoms with Crippen LogP contribution in [0.1, 0.15) is 38.5 Å². The van der Waals surface area contributed by atoms with Gasteiger partial charge in [-0.05, 0) is 25.7 Å². The molecule has 1 aliphatic rings. The number of hydrogen-bond acceptors (Lipinski definition) is 30. The average molecular weight is 1500 g/mol. The van der Waals surface area contributed by atoms with E-state index in [1.54, 1.807) is 14.2 Å². The van der Waals surface area contributed by atoms with E-state index < -0.39 is 17.4 Å². The first-order valence-corrected chi connectivity index (χ1v) is 31.4. The Kier molecular flexibility index (Phi) is 77.2. The number of hydrogen-bond donors (Lipinski definition) is 2. The maximum absolute atomic E-state index is 11.9. The zero-order valence-electron chi connectivity index (χ0n) is 54.3. The number of carboxylic acid groups (broad SMARTS) is 2. The number of carbonyl (C=O) groups excluding carboxylic acids is 2. The maximum Gasteiger partial charge on any atom is 2.00 e. The molecule has 1 fully saturated rings. The molecule has 0 aromatic carbocycles. The summed E-state index contributed by atoms with van der Waals surface area (Å²) >= 11 is 0. The standard InChI is InChI=1S/C53H104O28.C6H14N2.Pt/c1-58-7-9-62-15-17-66-23-25-70-31-33-74-39-41-78-47-49-80-45-43-76-37-35-72-29-27-68-21-19-64-13-11-60-5-3-53(51(54)55,52(56)57)4-6-61-12-14-65-20-22-69-28-30-73-36-38-77-44-46-81-50-48-79-42-40-75-34-32-71-26-24-67-18-16-63-10-8-59-2;7-5-3-1-2-4-6(5)8;/h3-50H2,1-2H3,(H,54,55)(H,56,57);5-6H,1-4,7-8H2;/q;;+2/p-2/t;5-,6-;/m.1./s1. The Labute approximate surface area is 550 Å². The summed E-state index contributed by atoms with van der Waals surface area (Å²) in [5.74, 6) is -3.54. The van der Waals surface area contributed by atoms with E-state index in [1.165, 1.54) is 12.8 Å². The summed E-state index contributed by atoms with van der Waals surface area (Å²) in [4.78, 5) is 23.8. The van der Waals surface area contributed by atoms with Crippen molar-refractivity contribution in [2.45, 2.75) is 50.6 Å². The molecule has 1 saturated carbocycles. The monoisotopic (exact) mass is 1500 g/mol. The SMILES string of the molecule is COCCOCCOCCOCCOCCOCCOCCOCCOCCOCCOCCOCCC(CCOCCOCCOCCOCCOCCOCCOCCOCCOCCOCCOCCOC)(C(=O)[O-])C(=O)[O-].N[C@@H]1CCCC[C@H]1N.[Pt+2]. The van der Waals surface area contributed by atoms with Crippen LogP contribution in [-0.4, -0.2) is 342 Å². The number of aliphatic carboxylic acids is 2. The Bertz CT molecular complexity index is 1320. The van der Waals surface area contributed by atoms with Gasteiger partial charge < -0.3 is 145 Å². The molecule has 0 amide bonds. The van der Waals surface area contributed by atoms with E-state index in [2.05, 4.69) is 0 Å². The van der Waals surface area contributed by atoms with E-state index in [0.717, 1.165) is 12.8 Å². The Balaban J connectivity index is 0. The van der Waals surface area contributed by atoms with Gasteiger partial charge in [-0.2, -0.15) is 0 Å². The summed E-state index contributed by atoms with van der Waals surface area (Å²) in [6, 6.07) is 0.562. The van der Waals surface area contributed by atoms with Gasteiger partial charge in [0.1, 0.15) is 0 Å². The van der Waals surface area contributed by atoms with Gasteiger partial charge in [-0.15, -0.1) is 0 Å². The van der Waals surface area contributed by atoms with Crippen molar-refractivity contribution < 1.29 is 155 Å². The van der Waals surface area contributed by atoms with Crippen LogP contribution in [0.4, 0.5) is 0 Å². The Hall–Kier alpha value is -1.41.